The van der Waals surface area contributed by atoms with Crippen molar-refractivity contribution in [2.24, 2.45) is 5.92 Å². The van der Waals surface area contributed by atoms with E-state index in [1.807, 2.05) is 41.8 Å². The van der Waals surface area contributed by atoms with Crippen LogP contribution in [0, 0.1) is 5.92 Å². The summed E-state index contributed by atoms with van der Waals surface area (Å²) in [6.07, 6.45) is 2.48. The molecule has 0 aliphatic heterocycles. The summed E-state index contributed by atoms with van der Waals surface area (Å²) in [6, 6.07) is 13.1. The first-order chi connectivity index (χ1) is 13.2. The van der Waals surface area contributed by atoms with Gasteiger partial charge in [-0.3, -0.25) is 4.79 Å². The molecule has 6 heteroatoms. The van der Waals surface area contributed by atoms with E-state index in [-0.39, 0.29) is 5.91 Å². The van der Waals surface area contributed by atoms with E-state index >= 15 is 0 Å². The molecular formula is C21H21N3O2S. The predicted molar refractivity (Wildman–Crippen MR) is 110 cm³/mol. The average Bonchev–Trinajstić information content (AvgIpc) is 3.37. The standard InChI is InChI=1S/C21H21N3O2S/c1-26-17-4-2-3-16(11-17)23-21(25)18-7-8-19(15-9-10-27-13-15)24-20(18)22-12-14-5-6-14/h2-4,7-11,13-14H,5-6,12H2,1H3,(H,22,24)(H,23,25). The van der Waals surface area contributed by atoms with Gasteiger partial charge in [-0.1, -0.05) is 6.07 Å². The Morgan fingerprint density at radius 1 is 1.26 bits per heavy atom. The number of anilines is 2. The van der Waals surface area contributed by atoms with E-state index in [1.165, 1.54) is 12.8 Å². The second kappa shape index (κ2) is 7.80. The largest absolute Gasteiger partial charge is 0.497 e. The second-order valence-electron chi connectivity index (χ2n) is 6.62. The molecule has 2 aromatic heterocycles. The normalized spacial score (nSPS) is 13.2. The van der Waals surface area contributed by atoms with Crippen molar-refractivity contribution in [1.82, 2.24) is 4.98 Å². The van der Waals surface area contributed by atoms with Crippen LogP contribution in [0.15, 0.2) is 53.2 Å². The number of amides is 1. The molecule has 1 aliphatic rings. The SMILES string of the molecule is COc1cccc(NC(=O)c2ccc(-c3ccsc3)nc2NCC2CC2)c1. The highest BCUT2D eigenvalue weighted by atomic mass is 32.1. The van der Waals surface area contributed by atoms with Gasteiger partial charge >= 0.3 is 0 Å². The smallest absolute Gasteiger partial charge is 0.259 e. The van der Waals surface area contributed by atoms with Crippen LogP contribution in [0.2, 0.25) is 0 Å². The monoisotopic (exact) mass is 379 g/mol. The first-order valence-corrected chi connectivity index (χ1v) is 9.90. The summed E-state index contributed by atoms with van der Waals surface area (Å²) < 4.78 is 5.22. The highest BCUT2D eigenvalue weighted by molar-refractivity contribution is 7.08. The summed E-state index contributed by atoms with van der Waals surface area (Å²) in [5.41, 5.74) is 3.16. The summed E-state index contributed by atoms with van der Waals surface area (Å²) in [6.45, 7) is 0.847. The lowest BCUT2D eigenvalue weighted by Gasteiger charge is -2.13. The summed E-state index contributed by atoms with van der Waals surface area (Å²) in [5.74, 6) is 1.83. The van der Waals surface area contributed by atoms with E-state index in [4.69, 9.17) is 9.72 Å². The quantitative estimate of drug-likeness (QED) is 0.613. The summed E-state index contributed by atoms with van der Waals surface area (Å²) in [5, 5.41) is 10.4. The summed E-state index contributed by atoms with van der Waals surface area (Å²) in [4.78, 5) is 17.6. The Morgan fingerprint density at radius 2 is 2.15 bits per heavy atom. The van der Waals surface area contributed by atoms with E-state index < -0.39 is 0 Å². The van der Waals surface area contributed by atoms with E-state index in [0.29, 0.717) is 28.7 Å². The lowest BCUT2D eigenvalue weighted by atomic mass is 10.1. The molecule has 0 saturated heterocycles. The molecule has 0 radical (unpaired) electrons. The number of rotatable bonds is 7. The topological polar surface area (TPSA) is 63.2 Å². The van der Waals surface area contributed by atoms with Gasteiger partial charge in [0, 0.05) is 29.2 Å². The number of hydrogen-bond donors (Lipinski definition) is 2. The number of thiophene rings is 1. The van der Waals surface area contributed by atoms with Crippen LogP contribution in [0.1, 0.15) is 23.2 Å². The molecule has 1 saturated carbocycles. The molecule has 1 amide bonds. The van der Waals surface area contributed by atoms with Crippen molar-refractivity contribution < 1.29 is 9.53 Å². The van der Waals surface area contributed by atoms with Gasteiger partial charge in [0.2, 0.25) is 0 Å². The van der Waals surface area contributed by atoms with Gasteiger partial charge in [-0.25, -0.2) is 4.98 Å². The molecule has 1 aromatic carbocycles. The van der Waals surface area contributed by atoms with Gasteiger partial charge in [-0.15, -0.1) is 0 Å². The molecule has 3 aromatic rings. The Hall–Kier alpha value is -2.86. The minimum atomic E-state index is -0.189. The fourth-order valence-electron chi connectivity index (χ4n) is 2.81. The van der Waals surface area contributed by atoms with Gasteiger partial charge in [0.15, 0.2) is 0 Å². The fraction of sp³-hybridized carbons (Fsp3) is 0.238. The van der Waals surface area contributed by atoms with Crippen molar-refractivity contribution in [3.05, 3.63) is 58.8 Å². The van der Waals surface area contributed by atoms with Gasteiger partial charge in [0.05, 0.1) is 18.4 Å². The third kappa shape index (κ3) is 4.28. The number of carbonyl (C=O) groups is 1. The number of pyridine rings is 1. The van der Waals surface area contributed by atoms with Gasteiger partial charge < -0.3 is 15.4 Å². The number of aromatic nitrogens is 1. The van der Waals surface area contributed by atoms with Crippen LogP contribution in [-0.2, 0) is 0 Å². The molecule has 4 rings (SSSR count). The van der Waals surface area contributed by atoms with Crippen LogP contribution in [0.4, 0.5) is 11.5 Å². The zero-order valence-corrected chi connectivity index (χ0v) is 15.9. The molecule has 0 bridgehead atoms. The summed E-state index contributed by atoms with van der Waals surface area (Å²) >= 11 is 1.63. The maximum atomic E-state index is 12.9. The molecule has 0 spiro atoms. The molecule has 2 heterocycles. The number of ether oxygens (including phenoxy) is 1. The first-order valence-electron chi connectivity index (χ1n) is 8.96. The molecule has 27 heavy (non-hydrogen) atoms. The van der Waals surface area contributed by atoms with Crippen molar-refractivity contribution in [1.29, 1.82) is 0 Å². The first kappa shape index (κ1) is 17.5. The number of nitrogens with zero attached hydrogens (tertiary/aromatic N) is 1. The Morgan fingerprint density at radius 3 is 2.89 bits per heavy atom. The van der Waals surface area contributed by atoms with E-state index in [0.717, 1.165) is 17.8 Å². The van der Waals surface area contributed by atoms with Gasteiger partial charge in [0.1, 0.15) is 11.6 Å². The lowest BCUT2D eigenvalue weighted by molar-refractivity contribution is 0.102. The Labute approximate surface area is 162 Å². The van der Waals surface area contributed by atoms with Gasteiger partial charge in [-0.2, -0.15) is 11.3 Å². The fourth-order valence-corrected chi connectivity index (χ4v) is 3.46. The Bertz CT molecular complexity index is 936. The zero-order chi connectivity index (χ0) is 18.6. The predicted octanol–water partition coefficient (Wildman–Crippen LogP) is 4.89. The van der Waals surface area contributed by atoms with Crippen molar-refractivity contribution in [3.63, 3.8) is 0 Å². The number of nitrogens with one attached hydrogen (secondary N) is 2. The van der Waals surface area contributed by atoms with Crippen molar-refractivity contribution in [2.45, 2.75) is 12.8 Å². The maximum absolute atomic E-state index is 12.9. The third-order valence-electron chi connectivity index (χ3n) is 4.54. The Balaban J connectivity index is 1.59. The number of carbonyl (C=O) groups excluding carboxylic acids is 1. The van der Waals surface area contributed by atoms with Crippen molar-refractivity contribution >= 4 is 28.7 Å². The van der Waals surface area contributed by atoms with E-state index in [1.54, 1.807) is 24.5 Å². The van der Waals surface area contributed by atoms with Crippen LogP contribution in [-0.4, -0.2) is 24.5 Å². The maximum Gasteiger partial charge on any atom is 0.259 e. The van der Waals surface area contributed by atoms with Gasteiger partial charge in [-0.05, 0) is 54.5 Å². The minimum Gasteiger partial charge on any atom is -0.497 e. The summed E-state index contributed by atoms with van der Waals surface area (Å²) in [7, 11) is 1.61. The van der Waals surface area contributed by atoms with Crippen LogP contribution in [0.5, 0.6) is 5.75 Å². The molecule has 0 unspecified atom stereocenters. The highest BCUT2D eigenvalue weighted by Crippen LogP contribution is 2.30. The third-order valence-corrected chi connectivity index (χ3v) is 5.22. The van der Waals surface area contributed by atoms with Crippen LogP contribution >= 0.6 is 11.3 Å². The Kier molecular flexibility index (Phi) is 5.07. The van der Waals surface area contributed by atoms with Crippen LogP contribution < -0.4 is 15.4 Å². The van der Waals surface area contributed by atoms with Gasteiger partial charge in [0.25, 0.3) is 5.91 Å². The molecule has 138 valence electrons. The highest BCUT2D eigenvalue weighted by Gasteiger charge is 2.22. The number of hydrogen-bond acceptors (Lipinski definition) is 5. The van der Waals surface area contributed by atoms with Crippen LogP contribution in [0.3, 0.4) is 0 Å². The van der Waals surface area contributed by atoms with Crippen molar-refractivity contribution in [3.8, 4) is 17.0 Å². The molecular weight excluding hydrogens is 358 g/mol. The molecule has 2 N–H and O–H groups in total. The number of methoxy groups -OCH3 is 1. The molecule has 1 fully saturated rings. The number of benzene rings is 1. The lowest BCUT2D eigenvalue weighted by Crippen LogP contribution is -2.17. The molecule has 5 nitrogen and oxygen atoms in total. The molecule has 0 atom stereocenters. The molecule has 1 aliphatic carbocycles. The minimum absolute atomic E-state index is 0.189. The zero-order valence-electron chi connectivity index (χ0n) is 15.1. The van der Waals surface area contributed by atoms with E-state index in [2.05, 4.69) is 16.0 Å². The van der Waals surface area contributed by atoms with E-state index in [9.17, 15) is 4.79 Å². The second-order valence-corrected chi connectivity index (χ2v) is 7.40. The van der Waals surface area contributed by atoms with Crippen LogP contribution in [0.25, 0.3) is 11.3 Å². The average molecular weight is 379 g/mol. The van der Waals surface area contributed by atoms with Crippen molar-refractivity contribution in [2.75, 3.05) is 24.3 Å².